The summed E-state index contributed by atoms with van der Waals surface area (Å²) in [6, 6.07) is 0. The summed E-state index contributed by atoms with van der Waals surface area (Å²) in [4.78, 5) is 4.40. The van der Waals surface area contributed by atoms with Gasteiger partial charge in [0, 0.05) is 11.2 Å². The molecular weight excluding hydrogens is 130 g/mol. The quantitative estimate of drug-likeness (QED) is 0.548. The fourth-order valence-electron chi connectivity index (χ4n) is 0.818. The Morgan fingerprint density at radius 3 is 2.56 bits per heavy atom. The highest BCUT2D eigenvalue weighted by atomic mass is 32.2. The Balaban J connectivity index is 2.45. The van der Waals surface area contributed by atoms with Gasteiger partial charge in [-0.25, -0.2) is 0 Å². The standard InChI is InChI=1S/C7H13NS/c1-5(2)7-8-4-6(3)9-7/h5-6H,4H2,1-3H3. The van der Waals surface area contributed by atoms with Crippen LogP contribution >= 0.6 is 11.8 Å². The van der Waals surface area contributed by atoms with Crippen molar-refractivity contribution in [3.8, 4) is 0 Å². The number of thioether (sulfide) groups is 1. The van der Waals surface area contributed by atoms with Crippen molar-refractivity contribution < 1.29 is 0 Å². The molecule has 9 heavy (non-hydrogen) atoms. The van der Waals surface area contributed by atoms with E-state index in [4.69, 9.17) is 0 Å². The zero-order valence-electron chi connectivity index (χ0n) is 6.22. The van der Waals surface area contributed by atoms with Crippen molar-refractivity contribution in [2.75, 3.05) is 6.54 Å². The van der Waals surface area contributed by atoms with Crippen molar-refractivity contribution in [3.05, 3.63) is 0 Å². The summed E-state index contributed by atoms with van der Waals surface area (Å²) < 4.78 is 0. The molecule has 1 heterocycles. The smallest absolute Gasteiger partial charge is 0.0705 e. The van der Waals surface area contributed by atoms with E-state index >= 15 is 0 Å². The first-order valence-electron chi connectivity index (χ1n) is 3.41. The van der Waals surface area contributed by atoms with Crippen LogP contribution in [0.25, 0.3) is 0 Å². The molecule has 0 bridgehead atoms. The topological polar surface area (TPSA) is 12.4 Å². The van der Waals surface area contributed by atoms with Crippen molar-refractivity contribution in [2.45, 2.75) is 26.0 Å². The van der Waals surface area contributed by atoms with Crippen molar-refractivity contribution in [1.82, 2.24) is 0 Å². The summed E-state index contributed by atoms with van der Waals surface area (Å²) in [6.45, 7) is 7.65. The monoisotopic (exact) mass is 143 g/mol. The average molecular weight is 143 g/mol. The maximum Gasteiger partial charge on any atom is 0.0705 e. The van der Waals surface area contributed by atoms with E-state index in [-0.39, 0.29) is 0 Å². The average Bonchev–Trinajstić information content (AvgIpc) is 2.14. The molecule has 0 aromatic rings. The van der Waals surface area contributed by atoms with E-state index in [2.05, 4.69) is 25.8 Å². The third-order valence-corrected chi connectivity index (χ3v) is 2.71. The lowest BCUT2D eigenvalue weighted by atomic mass is 10.2. The molecule has 2 heteroatoms. The summed E-state index contributed by atoms with van der Waals surface area (Å²) in [6.07, 6.45) is 0. The predicted octanol–water partition coefficient (Wildman–Crippen LogP) is 2.18. The lowest BCUT2D eigenvalue weighted by Crippen LogP contribution is -2.00. The molecule has 1 atom stereocenters. The molecule has 1 rings (SSSR count). The Hall–Kier alpha value is 0.0200. The Morgan fingerprint density at radius 1 is 1.67 bits per heavy atom. The van der Waals surface area contributed by atoms with Crippen LogP contribution in [-0.2, 0) is 0 Å². The van der Waals surface area contributed by atoms with Crippen molar-refractivity contribution in [3.63, 3.8) is 0 Å². The number of nitrogens with zero attached hydrogens (tertiary/aromatic N) is 1. The van der Waals surface area contributed by atoms with Crippen LogP contribution in [-0.4, -0.2) is 16.8 Å². The second-order valence-corrected chi connectivity index (χ2v) is 4.22. The molecule has 0 saturated carbocycles. The first-order valence-corrected chi connectivity index (χ1v) is 4.29. The van der Waals surface area contributed by atoms with Crippen LogP contribution in [0.15, 0.2) is 4.99 Å². The van der Waals surface area contributed by atoms with Gasteiger partial charge < -0.3 is 0 Å². The van der Waals surface area contributed by atoms with E-state index in [0.717, 1.165) is 11.8 Å². The molecule has 0 aliphatic carbocycles. The van der Waals surface area contributed by atoms with Crippen LogP contribution in [0.5, 0.6) is 0 Å². The van der Waals surface area contributed by atoms with Gasteiger partial charge in [-0.15, -0.1) is 11.8 Å². The van der Waals surface area contributed by atoms with E-state index in [9.17, 15) is 0 Å². The minimum atomic E-state index is 0.639. The molecule has 0 radical (unpaired) electrons. The van der Waals surface area contributed by atoms with E-state index < -0.39 is 0 Å². The molecular formula is C7H13NS. The Morgan fingerprint density at radius 2 is 2.33 bits per heavy atom. The fraction of sp³-hybridized carbons (Fsp3) is 0.857. The first-order chi connectivity index (χ1) is 4.20. The van der Waals surface area contributed by atoms with Crippen LogP contribution in [0.4, 0.5) is 0 Å². The van der Waals surface area contributed by atoms with E-state index in [1.54, 1.807) is 0 Å². The maximum absolute atomic E-state index is 4.40. The van der Waals surface area contributed by atoms with Crippen LogP contribution in [0.3, 0.4) is 0 Å². The summed E-state index contributed by atoms with van der Waals surface area (Å²) in [5.74, 6) is 0.639. The lowest BCUT2D eigenvalue weighted by molar-refractivity contribution is 0.889. The van der Waals surface area contributed by atoms with Gasteiger partial charge in [0.2, 0.25) is 0 Å². The SMILES string of the molecule is CC1CN=C(C(C)C)S1. The first kappa shape index (κ1) is 7.13. The molecule has 0 fully saturated rings. The third kappa shape index (κ3) is 1.71. The Labute approximate surface area is 60.9 Å². The van der Waals surface area contributed by atoms with Gasteiger partial charge in [0.15, 0.2) is 0 Å². The molecule has 1 aliphatic heterocycles. The molecule has 1 nitrogen and oxygen atoms in total. The third-order valence-electron chi connectivity index (χ3n) is 1.32. The van der Waals surface area contributed by atoms with Crippen molar-refractivity contribution >= 4 is 16.8 Å². The van der Waals surface area contributed by atoms with Gasteiger partial charge in [0.25, 0.3) is 0 Å². The summed E-state index contributed by atoms with van der Waals surface area (Å²) in [5, 5.41) is 2.06. The highest BCUT2D eigenvalue weighted by molar-refractivity contribution is 8.14. The molecule has 0 aromatic heterocycles. The number of hydrogen-bond donors (Lipinski definition) is 0. The molecule has 0 saturated heterocycles. The Bertz CT molecular complexity index is 129. The van der Waals surface area contributed by atoms with E-state index in [0.29, 0.717) is 5.92 Å². The summed E-state index contributed by atoms with van der Waals surface area (Å²) >= 11 is 1.92. The van der Waals surface area contributed by atoms with Gasteiger partial charge in [-0.2, -0.15) is 0 Å². The summed E-state index contributed by atoms with van der Waals surface area (Å²) in [7, 11) is 0. The van der Waals surface area contributed by atoms with Crippen LogP contribution in [0, 0.1) is 5.92 Å². The number of aliphatic imine (C=N–C) groups is 1. The highest BCUT2D eigenvalue weighted by Crippen LogP contribution is 2.24. The van der Waals surface area contributed by atoms with Gasteiger partial charge in [0.1, 0.15) is 0 Å². The normalized spacial score (nSPS) is 27.1. The minimum Gasteiger partial charge on any atom is -0.281 e. The zero-order chi connectivity index (χ0) is 6.85. The molecule has 1 aliphatic rings. The molecule has 1 unspecified atom stereocenters. The lowest BCUT2D eigenvalue weighted by Gasteiger charge is -2.02. The molecule has 0 amide bonds. The molecule has 0 N–H and O–H groups in total. The van der Waals surface area contributed by atoms with E-state index in [1.807, 2.05) is 11.8 Å². The second kappa shape index (κ2) is 2.74. The van der Waals surface area contributed by atoms with Crippen LogP contribution in [0.1, 0.15) is 20.8 Å². The Kier molecular flexibility index (Phi) is 2.17. The fourth-order valence-corrected chi connectivity index (χ4v) is 1.80. The van der Waals surface area contributed by atoms with E-state index in [1.165, 1.54) is 5.04 Å². The van der Waals surface area contributed by atoms with Gasteiger partial charge >= 0.3 is 0 Å². The molecule has 0 aromatic carbocycles. The van der Waals surface area contributed by atoms with Crippen molar-refractivity contribution in [1.29, 1.82) is 0 Å². The van der Waals surface area contributed by atoms with Gasteiger partial charge in [-0.3, -0.25) is 4.99 Å². The van der Waals surface area contributed by atoms with Gasteiger partial charge in [-0.05, 0) is 0 Å². The van der Waals surface area contributed by atoms with Gasteiger partial charge in [0.05, 0.1) is 11.6 Å². The summed E-state index contributed by atoms with van der Waals surface area (Å²) in [5.41, 5.74) is 0. The van der Waals surface area contributed by atoms with Crippen LogP contribution in [0.2, 0.25) is 0 Å². The minimum absolute atomic E-state index is 0.639. The molecule has 52 valence electrons. The number of rotatable bonds is 1. The molecule has 0 spiro atoms. The van der Waals surface area contributed by atoms with Crippen LogP contribution < -0.4 is 0 Å². The largest absolute Gasteiger partial charge is 0.281 e. The second-order valence-electron chi connectivity index (χ2n) is 2.76. The zero-order valence-corrected chi connectivity index (χ0v) is 7.03. The van der Waals surface area contributed by atoms with Gasteiger partial charge in [-0.1, -0.05) is 20.8 Å². The number of hydrogen-bond acceptors (Lipinski definition) is 2. The van der Waals surface area contributed by atoms with Crippen molar-refractivity contribution in [2.24, 2.45) is 10.9 Å². The maximum atomic E-state index is 4.40. The highest BCUT2D eigenvalue weighted by Gasteiger charge is 2.16. The predicted molar refractivity (Wildman–Crippen MR) is 44.2 cm³/mol.